The summed E-state index contributed by atoms with van der Waals surface area (Å²) in [6, 6.07) is 0. The van der Waals surface area contributed by atoms with Crippen LogP contribution in [0.1, 0.15) is 47.5 Å². The molecular formula is C9H19Cl. The van der Waals surface area contributed by atoms with Crippen LogP contribution in [0.3, 0.4) is 0 Å². The molecule has 0 aromatic carbocycles. The maximum absolute atomic E-state index is 6.10. The van der Waals surface area contributed by atoms with Crippen LogP contribution in [-0.4, -0.2) is 4.87 Å². The maximum atomic E-state index is 6.10. The Kier molecular flexibility index (Phi) is 3.22. The summed E-state index contributed by atoms with van der Waals surface area (Å²) in [5.74, 6) is 0. The SMILES string of the molecule is CCC(C)(C)CC(C)(C)Cl. The van der Waals surface area contributed by atoms with E-state index in [0.717, 1.165) is 6.42 Å². The van der Waals surface area contributed by atoms with Crippen molar-refractivity contribution in [1.82, 2.24) is 0 Å². The van der Waals surface area contributed by atoms with E-state index in [1.807, 2.05) is 0 Å². The molecule has 0 saturated heterocycles. The molecule has 0 aromatic heterocycles. The number of hydrogen-bond acceptors (Lipinski definition) is 0. The largest absolute Gasteiger partial charge is 0.120 e. The second-order valence-corrected chi connectivity index (χ2v) is 5.44. The summed E-state index contributed by atoms with van der Waals surface area (Å²) in [5, 5.41) is 0. The van der Waals surface area contributed by atoms with Gasteiger partial charge in [-0.2, -0.15) is 0 Å². The molecular weight excluding hydrogens is 144 g/mol. The van der Waals surface area contributed by atoms with E-state index in [-0.39, 0.29) is 4.87 Å². The van der Waals surface area contributed by atoms with Crippen molar-refractivity contribution < 1.29 is 0 Å². The van der Waals surface area contributed by atoms with E-state index in [9.17, 15) is 0 Å². The first-order valence-corrected chi connectivity index (χ1v) is 4.33. The molecule has 0 aliphatic rings. The Labute approximate surface area is 70.0 Å². The van der Waals surface area contributed by atoms with Crippen LogP contribution in [0.4, 0.5) is 0 Å². The first-order chi connectivity index (χ1) is 4.27. The van der Waals surface area contributed by atoms with Crippen LogP contribution in [0.5, 0.6) is 0 Å². The van der Waals surface area contributed by atoms with Gasteiger partial charge in [0, 0.05) is 4.87 Å². The molecule has 0 unspecified atom stereocenters. The summed E-state index contributed by atoms with van der Waals surface area (Å²) in [6.07, 6.45) is 2.28. The summed E-state index contributed by atoms with van der Waals surface area (Å²) in [5.41, 5.74) is 0.394. The Morgan fingerprint density at radius 3 is 1.60 bits per heavy atom. The molecule has 0 radical (unpaired) electrons. The predicted octanol–water partition coefficient (Wildman–Crippen LogP) is 3.83. The summed E-state index contributed by atoms with van der Waals surface area (Å²) in [4.78, 5) is -0.0422. The summed E-state index contributed by atoms with van der Waals surface area (Å²) in [6.45, 7) is 10.9. The Bertz CT molecular complexity index is 97.8. The van der Waals surface area contributed by atoms with Crippen LogP contribution in [0, 0.1) is 5.41 Å². The topological polar surface area (TPSA) is 0 Å². The van der Waals surface area contributed by atoms with Gasteiger partial charge in [0.05, 0.1) is 0 Å². The third-order valence-corrected chi connectivity index (χ3v) is 1.99. The first kappa shape index (κ1) is 10.3. The number of halogens is 1. The molecule has 0 aliphatic carbocycles. The normalized spacial score (nSPS) is 13.8. The molecule has 0 nitrogen and oxygen atoms in total. The van der Waals surface area contributed by atoms with Gasteiger partial charge < -0.3 is 0 Å². The minimum Gasteiger partial charge on any atom is -0.120 e. The van der Waals surface area contributed by atoms with Gasteiger partial charge in [0.25, 0.3) is 0 Å². The zero-order valence-electron chi connectivity index (χ0n) is 7.79. The van der Waals surface area contributed by atoms with Crippen molar-refractivity contribution in [2.45, 2.75) is 52.3 Å². The second-order valence-electron chi connectivity index (χ2n) is 4.41. The van der Waals surface area contributed by atoms with Gasteiger partial charge in [0.2, 0.25) is 0 Å². The molecule has 0 rings (SSSR count). The maximum Gasteiger partial charge on any atom is 0.0395 e. The minimum atomic E-state index is -0.0422. The lowest BCUT2D eigenvalue weighted by atomic mass is 9.81. The molecule has 0 N–H and O–H groups in total. The monoisotopic (exact) mass is 162 g/mol. The average molecular weight is 163 g/mol. The fourth-order valence-corrected chi connectivity index (χ4v) is 1.62. The lowest BCUT2D eigenvalue weighted by Gasteiger charge is -2.29. The Hall–Kier alpha value is 0.290. The van der Waals surface area contributed by atoms with Gasteiger partial charge in [-0.3, -0.25) is 0 Å². The molecule has 0 saturated carbocycles. The van der Waals surface area contributed by atoms with Crippen LogP contribution >= 0.6 is 11.6 Å². The van der Waals surface area contributed by atoms with Crippen molar-refractivity contribution >= 4 is 11.6 Å². The number of alkyl halides is 1. The average Bonchev–Trinajstić information content (AvgIpc) is 1.60. The highest BCUT2D eigenvalue weighted by Gasteiger charge is 2.24. The Morgan fingerprint density at radius 2 is 1.50 bits per heavy atom. The zero-order valence-corrected chi connectivity index (χ0v) is 8.55. The zero-order chi connectivity index (χ0) is 8.41. The van der Waals surface area contributed by atoms with E-state index in [2.05, 4.69) is 34.6 Å². The van der Waals surface area contributed by atoms with Crippen molar-refractivity contribution in [3.63, 3.8) is 0 Å². The number of rotatable bonds is 3. The standard InChI is InChI=1S/C9H19Cl/c1-6-8(2,3)7-9(4,5)10/h6-7H2,1-5H3. The van der Waals surface area contributed by atoms with E-state index in [4.69, 9.17) is 11.6 Å². The Morgan fingerprint density at radius 1 is 1.10 bits per heavy atom. The summed E-state index contributed by atoms with van der Waals surface area (Å²) < 4.78 is 0. The Balaban J connectivity index is 3.89. The quantitative estimate of drug-likeness (QED) is 0.554. The molecule has 0 bridgehead atoms. The predicted molar refractivity (Wildman–Crippen MR) is 48.6 cm³/mol. The molecule has 62 valence electrons. The van der Waals surface area contributed by atoms with Gasteiger partial charge in [-0.05, 0) is 25.7 Å². The van der Waals surface area contributed by atoms with Crippen LogP contribution in [0.25, 0.3) is 0 Å². The van der Waals surface area contributed by atoms with Gasteiger partial charge in [0.1, 0.15) is 0 Å². The minimum absolute atomic E-state index is 0.0422. The molecule has 0 aromatic rings. The summed E-state index contributed by atoms with van der Waals surface area (Å²) >= 11 is 6.10. The van der Waals surface area contributed by atoms with Gasteiger partial charge in [-0.15, -0.1) is 11.6 Å². The third kappa shape index (κ3) is 5.10. The fraction of sp³-hybridized carbons (Fsp3) is 1.00. The van der Waals surface area contributed by atoms with Crippen molar-refractivity contribution in [2.75, 3.05) is 0 Å². The molecule has 0 amide bonds. The van der Waals surface area contributed by atoms with E-state index in [1.54, 1.807) is 0 Å². The lowest BCUT2D eigenvalue weighted by Crippen LogP contribution is -2.22. The lowest BCUT2D eigenvalue weighted by molar-refractivity contribution is 0.289. The van der Waals surface area contributed by atoms with E-state index in [0.29, 0.717) is 5.41 Å². The van der Waals surface area contributed by atoms with Crippen LogP contribution in [0.2, 0.25) is 0 Å². The van der Waals surface area contributed by atoms with Gasteiger partial charge in [-0.1, -0.05) is 27.2 Å². The van der Waals surface area contributed by atoms with Gasteiger partial charge in [-0.25, -0.2) is 0 Å². The fourth-order valence-electron chi connectivity index (χ4n) is 1.26. The highest BCUT2D eigenvalue weighted by Crippen LogP contribution is 2.34. The number of hydrogen-bond donors (Lipinski definition) is 0. The molecule has 0 aliphatic heterocycles. The molecule has 0 spiro atoms. The van der Waals surface area contributed by atoms with Gasteiger partial charge in [0.15, 0.2) is 0 Å². The third-order valence-electron chi connectivity index (χ3n) is 1.86. The van der Waals surface area contributed by atoms with E-state index >= 15 is 0 Å². The molecule has 0 atom stereocenters. The first-order valence-electron chi connectivity index (χ1n) is 3.96. The van der Waals surface area contributed by atoms with Crippen molar-refractivity contribution in [3.8, 4) is 0 Å². The molecule has 1 heteroatoms. The van der Waals surface area contributed by atoms with Crippen molar-refractivity contribution in [2.24, 2.45) is 5.41 Å². The van der Waals surface area contributed by atoms with E-state index < -0.39 is 0 Å². The van der Waals surface area contributed by atoms with Crippen LogP contribution in [-0.2, 0) is 0 Å². The molecule has 0 heterocycles. The highest BCUT2D eigenvalue weighted by atomic mass is 35.5. The molecule has 0 fully saturated rings. The van der Waals surface area contributed by atoms with Crippen molar-refractivity contribution in [1.29, 1.82) is 0 Å². The molecule has 10 heavy (non-hydrogen) atoms. The summed E-state index contributed by atoms with van der Waals surface area (Å²) in [7, 11) is 0. The second kappa shape index (κ2) is 3.13. The van der Waals surface area contributed by atoms with Gasteiger partial charge >= 0.3 is 0 Å². The van der Waals surface area contributed by atoms with Crippen molar-refractivity contribution in [3.05, 3.63) is 0 Å². The van der Waals surface area contributed by atoms with E-state index in [1.165, 1.54) is 6.42 Å². The smallest absolute Gasteiger partial charge is 0.0395 e. The highest BCUT2D eigenvalue weighted by molar-refractivity contribution is 6.23. The van der Waals surface area contributed by atoms with Crippen LogP contribution in [0.15, 0.2) is 0 Å². The van der Waals surface area contributed by atoms with Crippen LogP contribution < -0.4 is 0 Å².